The summed E-state index contributed by atoms with van der Waals surface area (Å²) in [5.41, 5.74) is 0. The first kappa shape index (κ1) is 12.8. The zero-order valence-electron chi connectivity index (χ0n) is 10.8. The van der Waals surface area contributed by atoms with Gasteiger partial charge in [-0.25, -0.2) is 0 Å². The van der Waals surface area contributed by atoms with Gasteiger partial charge in [-0.15, -0.1) is 0 Å². The highest BCUT2D eigenvalue weighted by Crippen LogP contribution is 2.55. The second-order valence-electron chi connectivity index (χ2n) is 5.47. The van der Waals surface area contributed by atoms with Crippen molar-refractivity contribution in [3.63, 3.8) is 0 Å². The Hall–Kier alpha value is -0.610. The molecule has 1 amide bonds. The lowest BCUT2D eigenvalue weighted by Gasteiger charge is -2.20. The van der Waals surface area contributed by atoms with E-state index in [1.807, 2.05) is 0 Å². The Balaban J connectivity index is 1.80. The molecule has 2 aliphatic carbocycles. The molecule has 3 atom stereocenters. The molecule has 0 spiro atoms. The predicted molar refractivity (Wildman–Crippen MR) is 64.5 cm³/mol. The molecule has 0 heterocycles. The number of carbonyl (C=O) groups is 1. The zero-order chi connectivity index (χ0) is 12.4. The second-order valence-corrected chi connectivity index (χ2v) is 5.47. The molecule has 2 rings (SSSR count). The molecule has 0 aromatic carbocycles. The molecule has 2 saturated carbocycles. The molecule has 0 bridgehead atoms. The normalized spacial score (nSPS) is 32.8. The van der Waals surface area contributed by atoms with E-state index >= 15 is 0 Å². The van der Waals surface area contributed by atoms with E-state index in [0.29, 0.717) is 18.4 Å². The number of aliphatic hydroxyl groups excluding tert-OH is 1. The van der Waals surface area contributed by atoms with Crippen LogP contribution in [0.25, 0.3) is 0 Å². The molecule has 4 nitrogen and oxygen atoms in total. The van der Waals surface area contributed by atoms with Crippen LogP contribution in [0.5, 0.6) is 0 Å². The Morgan fingerprint density at radius 2 is 2.00 bits per heavy atom. The minimum Gasteiger partial charge on any atom is -0.389 e. The van der Waals surface area contributed by atoms with Crippen LogP contribution in [-0.4, -0.2) is 49.3 Å². The summed E-state index contributed by atoms with van der Waals surface area (Å²) in [6.45, 7) is 0.664. The van der Waals surface area contributed by atoms with Crippen LogP contribution in [0.15, 0.2) is 0 Å². The van der Waals surface area contributed by atoms with Crippen LogP contribution in [0.4, 0.5) is 0 Å². The number of hydrogen-bond acceptors (Lipinski definition) is 3. The van der Waals surface area contributed by atoms with E-state index in [-0.39, 0.29) is 18.4 Å². The van der Waals surface area contributed by atoms with Crippen molar-refractivity contribution < 1.29 is 14.6 Å². The van der Waals surface area contributed by atoms with E-state index in [9.17, 15) is 9.90 Å². The van der Waals surface area contributed by atoms with Gasteiger partial charge < -0.3 is 14.7 Å². The van der Waals surface area contributed by atoms with Gasteiger partial charge in [-0.1, -0.05) is 12.8 Å². The maximum atomic E-state index is 12.2. The average molecular weight is 241 g/mol. The standard InChI is InChI=1S/C13H23NO3/c1-14(7-9(15)8-17-2)13(16)12-10-5-3-4-6-11(10)12/h9-12,15H,3-8H2,1-2H3. The number of rotatable bonds is 5. The van der Waals surface area contributed by atoms with Crippen LogP contribution >= 0.6 is 0 Å². The fraction of sp³-hybridized carbons (Fsp3) is 0.923. The van der Waals surface area contributed by atoms with Gasteiger partial charge in [-0.3, -0.25) is 4.79 Å². The van der Waals surface area contributed by atoms with Gasteiger partial charge in [0.25, 0.3) is 0 Å². The number of nitrogens with zero attached hydrogens (tertiary/aromatic N) is 1. The number of fused-ring (bicyclic) bond motifs is 1. The Morgan fingerprint density at radius 3 is 2.53 bits per heavy atom. The number of methoxy groups -OCH3 is 1. The van der Waals surface area contributed by atoms with Crippen molar-refractivity contribution >= 4 is 5.91 Å². The van der Waals surface area contributed by atoms with Crippen molar-refractivity contribution in [1.82, 2.24) is 4.90 Å². The largest absolute Gasteiger partial charge is 0.389 e. The third-order valence-corrected chi connectivity index (χ3v) is 4.16. The van der Waals surface area contributed by atoms with Gasteiger partial charge >= 0.3 is 0 Å². The van der Waals surface area contributed by atoms with E-state index < -0.39 is 6.10 Å². The van der Waals surface area contributed by atoms with Gasteiger partial charge in [-0.2, -0.15) is 0 Å². The van der Waals surface area contributed by atoms with Gasteiger partial charge in [0.15, 0.2) is 0 Å². The zero-order valence-corrected chi connectivity index (χ0v) is 10.8. The smallest absolute Gasteiger partial charge is 0.226 e. The van der Waals surface area contributed by atoms with E-state index in [1.54, 1.807) is 19.1 Å². The number of aliphatic hydroxyl groups is 1. The number of amides is 1. The Morgan fingerprint density at radius 1 is 1.41 bits per heavy atom. The molecule has 0 aromatic heterocycles. The molecular formula is C13H23NO3. The highest BCUT2D eigenvalue weighted by Gasteiger charge is 2.55. The third-order valence-electron chi connectivity index (χ3n) is 4.16. The Kier molecular flexibility index (Phi) is 4.05. The molecule has 3 unspecified atom stereocenters. The molecule has 17 heavy (non-hydrogen) atoms. The molecule has 0 aromatic rings. The molecule has 4 heteroatoms. The molecule has 0 saturated heterocycles. The third kappa shape index (κ3) is 2.80. The molecule has 2 fully saturated rings. The average Bonchev–Trinajstić information content (AvgIpc) is 3.02. The maximum absolute atomic E-state index is 12.2. The molecule has 0 radical (unpaired) electrons. The fourth-order valence-electron chi connectivity index (χ4n) is 3.26. The van der Waals surface area contributed by atoms with Crippen LogP contribution in [0.1, 0.15) is 25.7 Å². The minimum absolute atomic E-state index is 0.219. The summed E-state index contributed by atoms with van der Waals surface area (Å²) in [4.78, 5) is 13.9. The molecule has 1 N–H and O–H groups in total. The first-order valence-electron chi connectivity index (χ1n) is 6.57. The number of hydrogen-bond donors (Lipinski definition) is 1. The highest BCUT2D eigenvalue weighted by molar-refractivity contribution is 5.82. The van der Waals surface area contributed by atoms with Crippen LogP contribution in [0, 0.1) is 17.8 Å². The summed E-state index contributed by atoms with van der Waals surface area (Å²) in [7, 11) is 3.34. The summed E-state index contributed by atoms with van der Waals surface area (Å²) in [5, 5.41) is 9.61. The first-order chi connectivity index (χ1) is 8.15. The van der Waals surface area contributed by atoms with Crippen LogP contribution in [0.3, 0.4) is 0 Å². The molecule has 2 aliphatic rings. The van der Waals surface area contributed by atoms with Crippen LogP contribution in [0.2, 0.25) is 0 Å². The van der Waals surface area contributed by atoms with Gasteiger partial charge in [0, 0.05) is 26.6 Å². The fourth-order valence-corrected chi connectivity index (χ4v) is 3.26. The molecular weight excluding hydrogens is 218 g/mol. The monoisotopic (exact) mass is 241 g/mol. The number of carbonyl (C=O) groups excluding carboxylic acids is 1. The lowest BCUT2D eigenvalue weighted by atomic mass is 10.0. The summed E-state index contributed by atoms with van der Waals surface area (Å²) in [6, 6.07) is 0. The van der Waals surface area contributed by atoms with Crippen molar-refractivity contribution in [1.29, 1.82) is 0 Å². The summed E-state index contributed by atoms with van der Waals surface area (Å²) < 4.78 is 4.87. The van der Waals surface area contributed by atoms with Gasteiger partial charge in [0.2, 0.25) is 5.91 Å². The second kappa shape index (κ2) is 5.36. The van der Waals surface area contributed by atoms with E-state index in [4.69, 9.17) is 4.74 Å². The maximum Gasteiger partial charge on any atom is 0.226 e. The number of likely N-dealkylation sites (N-methyl/N-ethyl adjacent to an activating group) is 1. The van der Waals surface area contributed by atoms with Gasteiger partial charge in [0.1, 0.15) is 0 Å². The Labute approximate surface area is 103 Å². The van der Waals surface area contributed by atoms with Crippen molar-refractivity contribution in [2.24, 2.45) is 17.8 Å². The van der Waals surface area contributed by atoms with Crippen LogP contribution < -0.4 is 0 Å². The topological polar surface area (TPSA) is 49.8 Å². The highest BCUT2D eigenvalue weighted by atomic mass is 16.5. The summed E-state index contributed by atoms with van der Waals surface area (Å²) in [5.74, 6) is 1.74. The predicted octanol–water partition coefficient (Wildman–Crippen LogP) is 0.888. The van der Waals surface area contributed by atoms with Gasteiger partial charge in [0.05, 0.1) is 12.7 Å². The Bertz CT molecular complexity index is 270. The molecule has 0 aliphatic heterocycles. The summed E-state index contributed by atoms with van der Waals surface area (Å²) in [6.07, 6.45) is 4.42. The van der Waals surface area contributed by atoms with E-state index in [1.165, 1.54) is 25.7 Å². The van der Waals surface area contributed by atoms with E-state index in [0.717, 1.165) is 0 Å². The summed E-state index contributed by atoms with van der Waals surface area (Å²) >= 11 is 0. The van der Waals surface area contributed by atoms with Gasteiger partial charge in [-0.05, 0) is 24.7 Å². The van der Waals surface area contributed by atoms with Crippen molar-refractivity contribution in [2.45, 2.75) is 31.8 Å². The minimum atomic E-state index is -0.574. The van der Waals surface area contributed by atoms with Crippen molar-refractivity contribution in [3.05, 3.63) is 0 Å². The lowest BCUT2D eigenvalue weighted by molar-refractivity contribution is -0.133. The van der Waals surface area contributed by atoms with Crippen LogP contribution in [-0.2, 0) is 9.53 Å². The first-order valence-corrected chi connectivity index (χ1v) is 6.57. The van der Waals surface area contributed by atoms with Crippen molar-refractivity contribution in [2.75, 3.05) is 27.3 Å². The number of ether oxygens (including phenoxy) is 1. The molecule has 98 valence electrons. The van der Waals surface area contributed by atoms with Crippen molar-refractivity contribution in [3.8, 4) is 0 Å². The lowest BCUT2D eigenvalue weighted by Crippen LogP contribution is -2.37. The van der Waals surface area contributed by atoms with E-state index in [2.05, 4.69) is 0 Å². The quantitative estimate of drug-likeness (QED) is 0.777. The SMILES string of the molecule is COCC(O)CN(C)C(=O)C1C2CCCCC21.